The fourth-order valence-electron chi connectivity index (χ4n) is 4.18. The molecule has 2 aromatic carbocycles. The Kier molecular flexibility index (Phi) is 9.11. The Balaban J connectivity index is 1.44. The lowest BCUT2D eigenvalue weighted by atomic mass is 10.0. The smallest absolute Gasteiger partial charge is 0.347 e. The first kappa shape index (κ1) is 25.8. The topological polar surface area (TPSA) is 67.9 Å². The largest absolute Gasteiger partial charge is 0.479 e. The summed E-state index contributed by atoms with van der Waals surface area (Å²) in [6.45, 7) is 12.2. The molecule has 184 valence electrons. The number of nitrogens with one attached hydrogen (secondary N) is 1. The summed E-state index contributed by atoms with van der Waals surface area (Å²) >= 11 is 0. The van der Waals surface area contributed by atoms with Crippen LogP contribution >= 0.6 is 0 Å². The Hall–Kier alpha value is -2.86. The van der Waals surface area contributed by atoms with E-state index < -0.39 is 18.2 Å². The van der Waals surface area contributed by atoms with Crippen LogP contribution < -0.4 is 10.1 Å². The van der Waals surface area contributed by atoms with Crippen molar-refractivity contribution in [2.75, 3.05) is 13.1 Å². The van der Waals surface area contributed by atoms with E-state index in [9.17, 15) is 9.59 Å². The molecule has 1 fully saturated rings. The number of piperidine rings is 1. The van der Waals surface area contributed by atoms with Crippen LogP contribution in [-0.4, -0.2) is 48.1 Å². The lowest BCUT2D eigenvalue weighted by Gasteiger charge is -2.32. The van der Waals surface area contributed by atoms with Crippen molar-refractivity contribution in [2.24, 2.45) is 0 Å². The zero-order valence-corrected chi connectivity index (χ0v) is 21.0. The lowest BCUT2D eigenvalue weighted by Crippen LogP contribution is -2.48. The van der Waals surface area contributed by atoms with E-state index in [4.69, 9.17) is 9.47 Å². The molecule has 1 saturated heterocycles. The van der Waals surface area contributed by atoms with E-state index in [1.807, 2.05) is 31.2 Å². The van der Waals surface area contributed by atoms with Gasteiger partial charge in [0.2, 0.25) is 0 Å². The van der Waals surface area contributed by atoms with Gasteiger partial charge in [-0.1, -0.05) is 56.3 Å². The Morgan fingerprint density at radius 3 is 2.32 bits per heavy atom. The second-order valence-corrected chi connectivity index (χ2v) is 9.58. The molecule has 0 radical (unpaired) electrons. The van der Waals surface area contributed by atoms with Crippen LogP contribution in [-0.2, 0) is 20.9 Å². The van der Waals surface area contributed by atoms with Crippen LogP contribution in [0.15, 0.2) is 48.5 Å². The van der Waals surface area contributed by atoms with Gasteiger partial charge in [-0.2, -0.15) is 0 Å². The van der Waals surface area contributed by atoms with E-state index in [-0.39, 0.29) is 17.9 Å². The number of hydrogen-bond donors (Lipinski definition) is 1. The fourth-order valence-corrected chi connectivity index (χ4v) is 4.18. The summed E-state index contributed by atoms with van der Waals surface area (Å²) in [5.41, 5.74) is 3.39. The average Bonchev–Trinajstić information content (AvgIpc) is 2.80. The van der Waals surface area contributed by atoms with Gasteiger partial charge in [0.05, 0.1) is 0 Å². The van der Waals surface area contributed by atoms with Gasteiger partial charge in [-0.15, -0.1) is 0 Å². The van der Waals surface area contributed by atoms with Gasteiger partial charge < -0.3 is 14.8 Å². The van der Waals surface area contributed by atoms with Gasteiger partial charge in [0, 0.05) is 25.7 Å². The molecule has 1 aliphatic rings. The molecule has 6 nitrogen and oxygen atoms in total. The van der Waals surface area contributed by atoms with Gasteiger partial charge in [-0.05, 0) is 62.3 Å². The Bertz CT molecular complexity index is 952. The molecule has 34 heavy (non-hydrogen) atoms. The average molecular weight is 467 g/mol. The summed E-state index contributed by atoms with van der Waals surface area (Å²) in [6, 6.07) is 16.5. The highest BCUT2D eigenvalue weighted by molar-refractivity contribution is 5.84. The monoisotopic (exact) mass is 466 g/mol. The molecular weight excluding hydrogens is 428 g/mol. The lowest BCUT2D eigenvalue weighted by molar-refractivity contribution is -0.161. The molecule has 1 amide bonds. The number of aryl methyl sites for hydroxylation is 1. The fraction of sp³-hybridized carbons (Fsp3) is 0.500. The maximum Gasteiger partial charge on any atom is 0.347 e. The first-order valence-electron chi connectivity index (χ1n) is 12.3. The van der Waals surface area contributed by atoms with Crippen molar-refractivity contribution in [3.05, 3.63) is 65.2 Å². The maximum absolute atomic E-state index is 12.6. The number of nitrogens with zero attached hydrogens (tertiary/aromatic N) is 1. The zero-order valence-electron chi connectivity index (χ0n) is 21.0. The van der Waals surface area contributed by atoms with E-state index in [0.717, 1.165) is 43.6 Å². The molecule has 0 spiro atoms. The third kappa shape index (κ3) is 7.32. The maximum atomic E-state index is 12.6. The quantitative estimate of drug-likeness (QED) is 0.547. The van der Waals surface area contributed by atoms with Crippen LogP contribution in [0.25, 0.3) is 0 Å². The van der Waals surface area contributed by atoms with Crippen molar-refractivity contribution >= 4 is 11.9 Å². The molecule has 1 heterocycles. The first-order valence-corrected chi connectivity index (χ1v) is 12.3. The number of carbonyl (C=O) groups is 2. The van der Waals surface area contributed by atoms with Gasteiger partial charge in [0.15, 0.2) is 12.2 Å². The van der Waals surface area contributed by atoms with Crippen LogP contribution in [0.2, 0.25) is 0 Å². The SMILES string of the molecule is Cc1ccc(C(C)C)c(OC(C)C(=O)OC(C)C(=O)NC2CCN(Cc3ccccc3)CC2)c1. The zero-order chi connectivity index (χ0) is 24.7. The highest BCUT2D eigenvalue weighted by atomic mass is 16.6. The summed E-state index contributed by atoms with van der Waals surface area (Å²) in [5, 5.41) is 3.04. The highest BCUT2D eigenvalue weighted by Gasteiger charge is 2.27. The normalized spacial score (nSPS) is 16.6. The van der Waals surface area contributed by atoms with Crippen molar-refractivity contribution in [3.8, 4) is 5.75 Å². The van der Waals surface area contributed by atoms with Crippen LogP contribution in [0.4, 0.5) is 0 Å². The van der Waals surface area contributed by atoms with Crippen LogP contribution in [0, 0.1) is 6.92 Å². The number of benzene rings is 2. The number of carbonyl (C=O) groups excluding carboxylic acids is 2. The Morgan fingerprint density at radius 2 is 1.68 bits per heavy atom. The van der Waals surface area contributed by atoms with Crippen molar-refractivity contribution in [1.29, 1.82) is 0 Å². The highest BCUT2D eigenvalue weighted by Crippen LogP contribution is 2.28. The summed E-state index contributed by atoms with van der Waals surface area (Å²) in [5.74, 6) is 0.137. The van der Waals surface area contributed by atoms with Crippen LogP contribution in [0.1, 0.15) is 63.1 Å². The molecule has 0 bridgehead atoms. The number of rotatable bonds is 9. The van der Waals surface area contributed by atoms with Gasteiger partial charge in [0.1, 0.15) is 5.75 Å². The predicted octanol–water partition coefficient (Wildman–Crippen LogP) is 4.60. The second-order valence-electron chi connectivity index (χ2n) is 9.58. The summed E-state index contributed by atoms with van der Waals surface area (Å²) < 4.78 is 11.4. The summed E-state index contributed by atoms with van der Waals surface area (Å²) in [6.07, 6.45) is 0.0764. The van der Waals surface area contributed by atoms with Gasteiger partial charge in [-0.25, -0.2) is 4.79 Å². The number of likely N-dealkylation sites (tertiary alicyclic amines) is 1. The van der Waals surface area contributed by atoms with E-state index in [2.05, 4.69) is 48.3 Å². The minimum Gasteiger partial charge on any atom is -0.479 e. The Morgan fingerprint density at radius 1 is 1.00 bits per heavy atom. The molecule has 0 aromatic heterocycles. The molecule has 2 atom stereocenters. The summed E-state index contributed by atoms with van der Waals surface area (Å²) in [4.78, 5) is 27.6. The third-order valence-electron chi connectivity index (χ3n) is 6.27. The number of amides is 1. The molecule has 2 aromatic rings. The van der Waals surface area contributed by atoms with Gasteiger partial charge in [-0.3, -0.25) is 9.69 Å². The number of hydrogen-bond acceptors (Lipinski definition) is 5. The van der Waals surface area contributed by atoms with Crippen molar-refractivity contribution < 1.29 is 19.1 Å². The molecule has 0 saturated carbocycles. The molecule has 3 rings (SSSR count). The standard InChI is InChI=1S/C28H38N2O4/c1-19(2)25-12-11-20(3)17-26(25)33-22(5)28(32)34-21(4)27(31)29-24-13-15-30(16-14-24)18-23-9-7-6-8-10-23/h6-12,17,19,21-22,24H,13-16,18H2,1-5H3,(H,29,31). The van der Waals surface area contributed by atoms with Crippen LogP contribution in [0.3, 0.4) is 0 Å². The second kappa shape index (κ2) is 12.0. The molecule has 0 aliphatic carbocycles. The predicted molar refractivity (Wildman–Crippen MR) is 134 cm³/mol. The molecule has 2 unspecified atom stereocenters. The van der Waals surface area contributed by atoms with Crippen molar-refractivity contribution in [2.45, 2.75) is 78.2 Å². The first-order chi connectivity index (χ1) is 16.2. The van der Waals surface area contributed by atoms with E-state index >= 15 is 0 Å². The molecule has 1 aliphatic heterocycles. The minimum atomic E-state index is -0.872. The van der Waals surface area contributed by atoms with E-state index in [0.29, 0.717) is 5.75 Å². The minimum absolute atomic E-state index is 0.0928. The molecule has 1 N–H and O–H groups in total. The van der Waals surface area contributed by atoms with Gasteiger partial charge in [0.25, 0.3) is 5.91 Å². The molecule has 6 heteroatoms. The third-order valence-corrected chi connectivity index (χ3v) is 6.27. The van der Waals surface area contributed by atoms with E-state index in [1.165, 1.54) is 5.56 Å². The van der Waals surface area contributed by atoms with Crippen LogP contribution in [0.5, 0.6) is 5.75 Å². The van der Waals surface area contributed by atoms with Gasteiger partial charge >= 0.3 is 5.97 Å². The number of esters is 1. The summed E-state index contributed by atoms with van der Waals surface area (Å²) in [7, 11) is 0. The Labute approximate surface area is 203 Å². The van der Waals surface area contributed by atoms with E-state index in [1.54, 1.807) is 13.8 Å². The number of ether oxygens (including phenoxy) is 2. The molecular formula is C28H38N2O4. The van der Waals surface area contributed by atoms with Crippen molar-refractivity contribution in [1.82, 2.24) is 10.2 Å². The van der Waals surface area contributed by atoms with Crippen molar-refractivity contribution in [3.63, 3.8) is 0 Å².